The molecule has 0 aromatic heterocycles. The second-order valence-corrected chi connectivity index (χ2v) is 6.84. The molecule has 0 heterocycles. The first-order valence-corrected chi connectivity index (χ1v) is 8.20. The lowest BCUT2D eigenvalue weighted by atomic mass is 9.97. The highest BCUT2D eigenvalue weighted by molar-refractivity contribution is 6.32. The molecule has 2 aromatic carbocycles. The number of hydrogen-bond acceptors (Lipinski definition) is 3. The van der Waals surface area contributed by atoms with Gasteiger partial charge in [-0.2, -0.15) is 13.2 Å². The second-order valence-electron chi connectivity index (χ2n) is 5.95. The highest BCUT2D eigenvalue weighted by Gasteiger charge is 2.41. The van der Waals surface area contributed by atoms with Crippen molar-refractivity contribution < 1.29 is 31.9 Å². The first kappa shape index (κ1) is 21.4. The van der Waals surface area contributed by atoms with Gasteiger partial charge in [-0.1, -0.05) is 46.7 Å². The van der Waals surface area contributed by atoms with Gasteiger partial charge in [0.1, 0.15) is 14.1 Å². The van der Waals surface area contributed by atoms with Crippen molar-refractivity contribution in [3.05, 3.63) is 63.9 Å². The van der Waals surface area contributed by atoms with Gasteiger partial charge in [0, 0.05) is 17.3 Å². The van der Waals surface area contributed by atoms with Crippen molar-refractivity contribution in [3.8, 4) is 5.75 Å². The average molecular weight is 426 g/mol. The SMILES string of the molecule is CN(Cl)[N+](C)(C)Oc1c(Cl)cc(C(F)(F)F)c(C(=O)c2ccccc2)c1F. The van der Waals surface area contributed by atoms with Crippen LogP contribution in [0.2, 0.25) is 5.02 Å². The topological polar surface area (TPSA) is 29.5 Å². The molecule has 0 saturated carbocycles. The lowest BCUT2D eigenvalue weighted by molar-refractivity contribution is -1.12. The number of hydroxylamine groups is 2. The Hall–Kier alpha value is -1.87. The molecule has 2 rings (SSSR count). The Morgan fingerprint density at radius 2 is 1.74 bits per heavy atom. The minimum Gasteiger partial charge on any atom is -0.289 e. The van der Waals surface area contributed by atoms with Gasteiger partial charge in [-0.3, -0.25) is 9.63 Å². The Balaban J connectivity index is 2.72. The summed E-state index contributed by atoms with van der Waals surface area (Å²) in [7, 11) is 4.16. The molecule has 0 radical (unpaired) electrons. The van der Waals surface area contributed by atoms with E-state index in [1.165, 1.54) is 45.4 Å². The van der Waals surface area contributed by atoms with E-state index in [0.717, 1.165) is 4.53 Å². The van der Waals surface area contributed by atoms with E-state index >= 15 is 4.39 Å². The summed E-state index contributed by atoms with van der Waals surface area (Å²) in [5, 5.41) is -0.644. The minimum absolute atomic E-state index is 0.113. The number of benzene rings is 2. The molecular formula is C17H15Cl2F4N2O2+. The fourth-order valence-corrected chi connectivity index (χ4v) is 2.40. The van der Waals surface area contributed by atoms with Gasteiger partial charge < -0.3 is 0 Å². The molecule has 0 fully saturated rings. The predicted molar refractivity (Wildman–Crippen MR) is 92.6 cm³/mol. The van der Waals surface area contributed by atoms with E-state index in [-0.39, 0.29) is 5.56 Å². The number of carbonyl (C=O) groups excluding carboxylic acids is 1. The number of carbonyl (C=O) groups is 1. The van der Waals surface area contributed by atoms with Crippen LogP contribution in [0.3, 0.4) is 0 Å². The molecule has 146 valence electrons. The van der Waals surface area contributed by atoms with Gasteiger partial charge >= 0.3 is 6.18 Å². The van der Waals surface area contributed by atoms with Gasteiger partial charge in [0.05, 0.1) is 23.2 Å². The maximum Gasteiger partial charge on any atom is 0.417 e. The number of quaternary nitrogens is 1. The number of hydrogen-bond donors (Lipinski definition) is 0. The van der Waals surface area contributed by atoms with Crippen molar-refractivity contribution in [2.45, 2.75) is 6.18 Å². The van der Waals surface area contributed by atoms with Crippen molar-refractivity contribution in [2.75, 3.05) is 21.1 Å². The molecule has 0 aliphatic heterocycles. The van der Waals surface area contributed by atoms with Gasteiger partial charge in [0.15, 0.2) is 11.6 Å². The van der Waals surface area contributed by atoms with Crippen LogP contribution in [0.25, 0.3) is 0 Å². The highest BCUT2D eigenvalue weighted by atomic mass is 35.5. The molecular weight excluding hydrogens is 411 g/mol. The van der Waals surface area contributed by atoms with Crippen molar-refractivity contribution in [1.29, 1.82) is 0 Å². The van der Waals surface area contributed by atoms with E-state index in [4.69, 9.17) is 28.2 Å². The third-order valence-corrected chi connectivity index (χ3v) is 4.37. The summed E-state index contributed by atoms with van der Waals surface area (Å²) in [6.07, 6.45) is -5.00. The van der Waals surface area contributed by atoms with Crippen molar-refractivity contribution in [1.82, 2.24) is 4.53 Å². The molecule has 0 unspecified atom stereocenters. The Kier molecular flexibility index (Phi) is 6.06. The Morgan fingerprint density at radius 1 is 1.19 bits per heavy atom. The molecule has 10 heteroatoms. The third kappa shape index (κ3) is 4.52. The van der Waals surface area contributed by atoms with Gasteiger partial charge in [-0.05, 0) is 10.6 Å². The normalized spacial score (nSPS) is 12.4. The molecule has 0 bridgehead atoms. The van der Waals surface area contributed by atoms with E-state index in [1.807, 2.05) is 0 Å². The fraction of sp³-hybridized carbons (Fsp3) is 0.235. The smallest absolute Gasteiger partial charge is 0.289 e. The van der Waals surface area contributed by atoms with Crippen LogP contribution in [0.15, 0.2) is 36.4 Å². The quantitative estimate of drug-likeness (QED) is 0.219. The largest absolute Gasteiger partial charge is 0.417 e. The summed E-state index contributed by atoms with van der Waals surface area (Å²) in [5.74, 6) is -3.39. The third-order valence-electron chi connectivity index (χ3n) is 3.72. The predicted octanol–water partition coefficient (Wildman–Crippen LogP) is 5.10. The zero-order chi connectivity index (χ0) is 20.6. The fourth-order valence-electron chi connectivity index (χ4n) is 2.14. The first-order chi connectivity index (χ1) is 12.4. The number of ketones is 1. The standard InChI is InChI=1S/C17H15Cl2F4N2O2/c1-24(19)25(2,3)27-16-12(18)9-11(17(21,22)23)13(14(16)20)15(26)10-7-5-4-6-8-10/h4-9H,1-3H3/q+1. The molecule has 0 spiro atoms. The van der Waals surface area contributed by atoms with Crippen LogP contribution in [-0.4, -0.2) is 36.2 Å². The van der Waals surface area contributed by atoms with Crippen LogP contribution >= 0.6 is 23.4 Å². The Bertz CT molecular complexity index is 856. The molecule has 4 nitrogen and oxygen atoms in total. The van der Waals surface area contributed by atoms with Crippen molar-refractivity contribution >= 4 is 29.2 Å². The zero-order valence-electron chi connectivity index (χ0n) is 14.4. The average Bonchev–Trinajstić information content (AvgIpc) is 2.57. The monoisotopic (exact) mass is 425 g/mol. The summed E-state index contributed by atoms with van der Waals surface area (Å²) in [4.78, 5) is 17.9. The van der Waals surface area contributed by atoms with E-state index in [2.05, 4.69) is 0 Å². The Morgan fingerprint density at radius 3 is 2.22 bits per heavy atom. The lowest BCUT2D eigenvalue weighted by Gasteiger charge is -2.30. The van der Waals surface area contributed by atoms with Crippen LogP contribution < -0.4 is 4.84 Å². The molecule has 0 amide bonds. The van der Waals surface area contributed by atoms with E-state index in [0.29, 0.717) is 6.07 Å². The Labute approximate surface area is 163 Å². The minimum atomic E-state index is -5.00. The second kappa shape index (κ2) is 7.63. The molecule has 27 heavy (non-hydrogen) atoms. The summed E-state index contributed by atoms with van der Waals surface area (Å²) in [6.45, 7) is 0. The maximum absolute atomic E-state index is 15.1. The van der Waals surface area contributed by atoms with E-state index < -0.39 is 44.4 Å². The van der Waals surface area contributed by atoms with E-state index in [9.17, 15) is 18.0 Å². The summed E-state index contributed by atoms with van der Waals surface area (Å²) < 4.78 is 55.7. The first-order valence-electron chi connectivity index (χ1n) is 7.48. The van der Waals surface area contributed by atoms with Crippen LogP contribution in [0.4, 0.5) is 17.6 Å². The highest BCUT2D eigenvalue weighted by Crippen LogP contribution is 2.41. The summed E-state index contributed by atoms with van der Waals surface area (Å²) in [5.41, 5.74) is -2.78. The van der Waals surface area contributed by atoms with Crippen molar-refractivity contribution in [2.24, 2.45) is 0 Å². The molecule has 0 aliphatic rings. The van der Waals surface area contributed by atoms with Gasteiger partial charge in [-0.25, -0.2) is 4.39 Å². The molecule has 0 N–H and O–H groups in total. The van der Waals surface area contributed by atoms with Crippen LogP contribution in [0, 0.1) is 5.82 Å². The maximum atomic E-state index is 15.1. The zero-order valence-corrected chi connectivity index (χ0v) is 16.0. The van der Waals surface area contributed by atoms with Gasteiger partial charge in [0.2, 0.25) is 5.75 Å². The van der Waals surface area contributed by atoms with E-state index in [1.54, 1.807) is 6.07 Å². The van der Waals surface area contributed by atoms with Crippen molar-refractivity contribution in [3.63, 3.8) is 0 Å². The van der Waals surface area contributed by atoms with Crippen LogP contribution in [-0.2, 0) is 6.18 Å². The number of nitrogens with zero attached hydrogens (tertiary/aromatic N) is 2. The van der Waals surface area contributed by atoms with Gasteiger partial charge in [0.25, 0.3) is 0 Å². The number of halogens is 6. The molecule has 2 aromatic rings. The summed E-state index contributed by atoms with van der Waals surface area (Å²) >= 11 is 11.6. The lowest BCUT2D eigenvalue weighted by Crippen LogP contribution is -2.50. The molecule has 0 saturated heterocycles. The molecule has 0 aliphatic carbocycles. The number of rotatable bonds is 5. The van der Waals surface area contributed by atoms with Crippen LogP contribution in [0.1, 0.15) is 21.5 Å². The van der Waals surface area contributed by atoms with Gasteiger partial charge in [-0.15, -0.1) is 0 Å². The summed E-state index contributed by atoms with van der Waals surface area (Å²) in [6, 6.07) is 7.50. The number of alkyl halides is 3. The molecule has 0 atom stereocenters. The van der Waals surface area contributed by atoms with Crippen LogP contribution in [0.5, 0.6) is 5.75 Å².